The predicted octanol–water partition coefficient (Wildman–Crippen LogP) is 6.59. The van der Waals surface area contributed by atoms with Crippen LogP contribution in [0.2, 0.25) is 5.02 Å². The fourth-order valence-electron chi connectivity index (χ4n) is 4.53. The second kappa shape index (κ2) is 9.64. The highest BCUT2D eigenvalue weighted by atomic mass is 35.5. The summed E-state index contributed by atoms with van der Waals surface area (Å²) in [4.78, 5) is 25.0. The fourth-order valence-corrected chi connectivity index (χ4v) is 5.74. The molecule has 3 aromatic heterocycles. The number of nitrogens with one attached hydrogen (secondary N) is 1. The zero-order valence-corrected chi connectivity index (χ0v) is 21.4. The highest BCUT2D eigenvalue weighted by Gasteiger charge is 2.39. The van der Waals surface area contributed by atoms with E-state index in [4.69, 9.17) is 11.6 Å². The van der Waals surface area contributed by atoms with Crippen molar-refractivity contribution in [2.24, 2.45) is 0 Å². The lowest BCUT2D eigenvalue weighted by molar-refractivity contribution is -0.137. The molecule has 0 amide bonds. The summed E-state index contributed by atoms with van der Waals surface area (Å²) in [6.45, 7) is 1.82. The van der Waals surface area contributed by atoms with Crippen molar-refractivity contribution in [3.05, 3.63) is 86.6 Å². The molecule has 4 aromatic rings. The molecule has 196 valence electrons. The number of aromatic nitrogens is 3. The molecule has 1 aromatic carbocycles. The zero-order chi connectivity index (χ0) is 27.2. The van der Waals surface area contributed by atoms with Crippen molar-refractivity contribution in [2.75, 3.05) is 5.32 Å². The van der Waals surface area contributed by atoms with Crippen LogP contribution in [0.4, 0.5) is 24.8 Å². The molecule has 38 heavy (non-hydrogen) atoms. The van der Waals surface area contributed by atoms with Crippen molar-refractivity contribution in [1.29, 1.82) is 0 Å². The molecule has 0 radical (unpaired) electrons. The Morgan fingerprint density at radius 3 is 2.66 bits per heavy atom. The molecule has 0 bridgehead atoms. The van der Waals surface area contributed by atoms with Crippen LogP contribution in [0, 0.1) is 6.92 Å². The molecule has 0 unspecified atom stereocenters. The van der Waals surface area contributed by atoms with Crippen LogP contribution in [0.5, 0.6) is 0 Å². The number of benzene rings is 1. The summed E-state index contributed by atoms with van der Waals surface area (Å²) in [5.74, 6) is -0.817. The number of carboxylic acid groups (broad SMARTS) is 1. The van der Waals surface area contributed by atoms with Crippen LogP contribution >= 0.6 is 22.9 Å². The Labute approximate surface area is 224 Å². The van der Waals surface area contributed by atoms with Crippen molar-refractivity contribution in [3.8, 4) is 10.6 Å². The molecule has 1 atom stereocenters. The Bertz CT molecular complexity index is 1560. The summed E-state index contributed by atoms with van der Waals surface area (Å²) in [5, 5.41) is 23.7. The third-order valence-electron chi connectivity index (χ3n) is 6.28. The molecular formula is C26H20ClF3N4O3S. The molecule has 7 nitrogen and oxygen atoms in total. The number of nitrogens with zero attached hydrogens (tertiary/aromatic N) is 3. The number of thiazole rings is 1. The zero-order valence-electron chi connectivity index (χ0n) is 19.8. The van der Waals surface area contributed by atoms with Gasteiger partial charge in [-0.1, -0.05) is 17.7 Å². The Kier molecular flexibility index (Phi) is 6.62. The van der Waals surface area contributed by atoms with E-state index in [-0.39, 0.29) is 17.2 Å². The van der Waals surface area contributed by atoms with Crippen LogP contribution in [-0.4, -0.2) is 31.1 Å². The van der Waals surface area contributed by atoms with Gasteiger partial charge in [0.1, 0.15) is 22.2 Å². The minimum absolute atomic E-state index is 0.0652. The monoisotopic (exact) mass is 560 g/mol. The molecule has 3 N–H and O–H groups in total. The Hall–Kier alpha value is -3.54. The molecule has 1 aliphatic carbocycles. The van der Waals surface area contributed by atoms with Gasteiger partial charge in [0, 0.05) is 12.4 Å². The van der Waals surface area contributed by atoms with Gasteiger partial charge in [-0.25, -0.2) is 19.7 Å². The number of aryl methyl sites for hydroxylation is 2. The number of rotatable bonds is 5. The second-order valence-corrected chi connectivity index (χ2v) is 10.4. The molecule has 1 aliphatic rings. The number of aliphatic hydroxyl groups is 1. The summed E-state index contributed by atoms with van der Waals surface area (Å²) in [5.41, 5.74) is 0.484. The lowest BCUT2D eigenvalue weighted by Gasteiger charge is -2.33. The number of alkyl halides is 3. The number of carboxylic acids is 1. The maximum atomic E-state index is 13.2. The van der Waals surface area contributed by atoms with Gasteiger partial charge in [0.25, 0.3) is 0 Å². The number of halogens is 4. The molecule has 0 aliphatic heterocycles. The van der Waals surface area contributed by atoms with Crippen molar-refractivity contribution in [1.82, 2.24) is 15.0 Å². The van der Waals surface area contributed by atoms with Crippen LogP contribution < -0.4 is 5.32 Å². The van der Waals surface area contributed by atoms with Gasteiger partial charge >= 0.3 is 12.1 Å². The maximum Gasteiger partial charge on any atom is 0.418 e. The standard InChI is InChI=1S/C26H20ClF3N4O3S/c1-13-7-19(33-22(8-13)34-21-10-17(26(28,29)30)18(27)11-31-21)20-12-32-24(38-20)25(37)6-2-3-14-9-15(23(35)36)4-5-16(14)25/h4-5,7-12,37H,2-3,6H2,1H3,(H,35,36)(H,31,33,34)/t25-/m0/s1. The molecule has 0 spiro atoms. The van der Waals surface area contributed by atoms with Gasteiger partial charge in [-0.15, -0.1) is 11.3 Å². The van der Waals surface area contributed by atoms with E-state index in [0.29, 0.717) is 40.4 Å². The maximum absolute atomic E-state index is 13.2. The first-order valence-electron chi connectivity index (χ1n) is 11.5. The van der Waals surface area contributed by atoms with Crippen LogP contribution in [0.1, 0.15) is 50.5 Å². The van der Waals surface area contributed by atoms with Gasteiger partial charge < -0.3 is 15.5 Å². The minimum atomic E-state index is -4.63. The van der Waals surface area contributed by atoms with Gasteiger partial charge in [0.05, 0.1) is 26.7 Å². The average molecular weight is 561 g/mol. The SMILES string of the molecule is Cc1cc(Nc2cc(C(F)(F)F)c(Cl)cn2)nc(-c2cnc([C@]3(O)CCCc4cc(C(=O)O)ccc43)s2)c1. The number of fused-ring (bicyclic) bond motifs is 1. The van der Waals surface area contributed by atoms with Crippen molar-refractivity contribution in [2.45, 2.75) is 38.0 Å². The molecule has 0 saturated heterocycles. The summed E-state index contributed by atoms with van der Waals surface area (Å²) in [6.07, 6.45) is -0.371. The first kappa shape index (κ1) is 26.1. The Morgan fingerprint density at radius 2 is 1.92 bits per heavy atom. The predicted molar refractivity (Wildman–Crippen MR) is 137 cm³/mol. The van der Waals surface area contributed by atoms with E-state index >= 15 is 0 Å². The summed E-state index contributed by atoms with van der Waals surface area (Å²) >= 11 is 6.91. The average Bonchev–Trinajstić information content (AvgIpc) is 3.35. The van der Waals surface area contributed by atoms with E-state index in [1.165, 1.54) is 17.4 Å². The van der Waals surface area contributed by atoms with Gasteiger partial charge in [-0.3, -0.25) is 0 Å². The van der Waals surface area contributed by atoms with Gasteiger partial charge in [0.2, 0.25) is 0 Å². The van der Waals surface area contributed by atoms with Crippen molar-refractivity contribution < 1.29 is 28.2 Å². The second-order valence-electron chi connectivity index (χ2n) is 9.01. The lowest BCUT2D eigenvalue weighted by atomic mass is 9.79. The lowest BCUT2D eigenvalue weighted by Crippen LogP contribution is -2.32. The third kappa shape index (κ3) is 4.96. The summed E-state index contributed by atoms with van der Waals surface area (Å²) in [6, 6.07) is 8.99. The number of anilines is 2. The smallest absolute Gasteiger partial charge is 0.418 e. The van der Waals surface area contributed by atoms with E-state index in [1.807, 2.05) is 6.92 Å². The molecule has 12 heteroatoms. The number of hydrogen-bond donors (Lipinski definition) is 3. The third-order valence-corrected chi connectivity index (χ3v) is 7.75. The van der Waals surface area contributed by atoms with Crippen molar-refractivity contribution in [3.63, 3.8) is 0 Å². The molecule has 0 saturated carbocycles. The largest absolute Gasteiger partial charge is 0.478 e. The molecular weight excluding hydrogens is 541 g/mol. The first-order chi connectivity index (χ1) is 17.9. The topological polar surface area (TPSA) is 108 Å². The number of pyridine rings is 2. The number of carbonyl (C=O) groups is 1. The van der Waals surface area contributed by atoms with Crippen LogP contribution in [0.25, 0.3) is 10.6 Å². The number of hydrogen-bond acceptors (Lipinski definition) is 7. The molecule has 3 heterocycles. The van der Waals surface area contributed by atoms with Crippen LogP contribution in [0.3, 0.4) is 0 Å². The van der Waals surface area contributed by atoms with Crippen molar-refractivity contribution >= 4 is 40.5 Å². The van der Waals surface area contributed by atoms with E-state index in [0.717, 1.165) is 23.4 Å². The normalized spacial score (nSPS) is 17.2. The molecule has 0 fully saturated rings. The highest BCUT2D eigenvalue weighted by Crippen LogP contribution is 2.44. The van der Waals surface area contributed by atoms with Gasteiger partial charge in [-0.2, -0.15) is 13.2 Å². The highest BCUT2D eigenvalue weighted by molar-refractivity contribution is 7.15. The van der Waals surface area contributed by atoms with E-state index < -0.39 is 28.3 Å². The fraction of sp³-hybridized carbons (Fsp3) is 0.231. The molecule has 5 rings (SSSR count). The minimum Gasteiger partial charge on any atom is -0.478 e. The van der Waals surface area contributed by atoms with Crippen LogP contribution in [-0.2, 0) is 18.2 Å². The van der Waals surface area contributed by atoms with Crippen LogP contribution in [0.15, 0.2) is 48.8 Å². The number of aromatic carboxylic acids is 1. The Morgan fingerprint density at radius 1 is 1.13 bits per heavy atom. The quantitative estimate of drug-likeness (QED) is 0.252. The Balaban J connectivity index is 1.46. The van der Waals surface area contributed by atoms with E-state index in [2.05, 4.69) is 20.3 Å². The van der Waals surface area contributed by atoms with E-state index in [9.17, 15) is 28.2 Å². The first-order valence-corrected chi connectivity index (χ1v) is 12.7. The van der Waals surface area contributed by atoms with Gasteiger partial charge in [0.15, 0.2) is 0 Å². The van der Waals surface area contributed by atoms with E-state index in [1.54, 1.807) is 30.5 Å². The van der Waals surface area contributed by atoms with Gasteiger partial charge in [-0.05, 0) is 73.2 Å². The summed E-state index contributed by atoms with van der Waals surface area (Å²) < 4.78 is 39.7. The summed E-state index contributed by atoms with van der Waals surface area (Å²) in [7, 11) is 0.